The summed E-state index contributed by atoms with van der Waals surface area (Å²) in [6, 6.07) is 13.8. The Kier molecular flexibility index (Phi) is 7.36. The van der Waals surface area contributed by atoms with Crippen molar-refractivity contribution in [2.45, 2.75) is 26.6 Å². The van der Waals surface area contributed by atoms with Crippen LogP contribution >= 0.6 is 0 Å². The fraction of sp³-hybridized carbons (Fsp3) is 0.250. The van der Waals surface area contributed by atoms with Crippen LogP contribution in [0.4, 0.5) is 13.2 Å². The SMILES string of the molecule is CCOC(=O)c1cnn(-c2ccc(C(=O)N(Cc3ccc(C#N)cc3)CC(F)(F)F)cc2)c1C. The van der Waals surface area contributed by atoms with Gasteiger partial charge in [-0.15, -0.1) is 0 Å². The highest BCUT2D eigenvalue weighted by atomic mass is 19.4. The molecule has 34 heavy (non-hydrogen) atoms. The van der Waals surface area contributed by atoms with E-state index in [1.54, 1.807) is 13.8 Å². The number of hydrogen-bond acceptors (Lipinski definition) is 5. The second kappa shape index (κ2) is 10.2. The van der Waals surface area contributed by atoms with Gasteiger partial charge in [0.2, 0.25) is 0 Å². The molecular formula is C24H21F3N4O3. The fourth-order valence-electron chi connectivity index (χ4n) is 3.33. The molecule has 0 radical (unpaired) electrons. The molecule has 1 heterocycles. The average molecular weight is 470 g/mol. The Morgan fingerprint density at radius 3 is 2.32 bits per heavy atom. The lowest BCUT2D eigenvalue weighted by molar-refractivity contribution is -0.141. The number of hydrogen-bond donors (Lipinski definition) is 0. The average Bonchev–Trinajstić information content (AvgIpc) is 3.19. The molecule has 0 unspecified atom stereocenters. The van der Waals surface area contributed by atoms with Crippen LogP contribution in [0.15, 0.2) is 54.7 Å². The number of esters is 1. The van der Waals surface area contributed by atoms with Crippen LogP contribution in [0.2, 0.25) is 0 Å². The zero-order valence-corrected chi connectivity index (χ0v) is 18.5. The van der Waals surface area contributed by atoms with Crippen molar-refractivity contribution in [3.05, 3.63) is 82.7 Å². The first kappa shape index (κ1) is 24.5. The Morgan fingerprint density at radius 1 is 1.12 bits per heavy atom. The third kappa shape index (κ3) is 5.81. The van der Waals surface area contributed by atoms with Crippen molar-refractivity contribution in [1.82, 2.24) is 14.7 Å². The molecule has 3 aromatic rings. The van der Waals surface area contributed by atoms with Crippen molar-refractivity contribution in [1.29, 1.82) is 5.26 Å². The Bertz CT molecular complexity index is 1210. The molecule has 10 heteroatoms. The smallest absolute Gasteiger partial charge is 0.406 e. The summed E-state index contributed by atoms with van der Waals surface area (Å²) in [6.07, 6.45) is -3.22. The number of ether oxygens (including phenoxy) is 1. The predicted octanol–water partition coefficient (Wildman–Crippen LogP) is 4.43. The van der Waals surface area contributed by atoms with Crippen molar-refractivity contribution in [2.24, 2.45) is 0 Å². The largest absolute Gasteiger partial charge is 0.462 e. The van der Waals surface area contributed by atoms with E-state index in [-0.39, 0.29) is 18.7 Å². The van der Waals surface area contributed by atoms with Crippen LogP contribution in [0.3, 0.4) is 0 Å². The summed E-state index contributed by atoms with van der Waals surface area (Å²) in [4.78, 5) is 25.6. The van der Waals surface area contributed by atoms with Gasteiger partial charge in [-0.3, -0.25) is 4.79 Å². The first-order valence-corrected chi connectivity index (χ1v) is 10.3. The molecule has 0 aliphatic heterocycles. The minimum absolute atomic E-state index is 0.0667. The van der Waals surface area contributed by atoms with E-state index in [1.807, 2.05) is 6.07 Å². The number of nitrogens with zero attached hydrogens (tertiary/aromatic N) is 4. The molecule has 0 saturated carbocycles. The summed E-state index contributed by atoms with van der Waals surface area (Å²) < 4.78 is 46.0. The van der Waals surface area contributed by atoms with Crippen molar-refractivity contribution in [2.75, 3.05) is 13.2 Å². The molecule has 0 fully saturated rings. The van der Waals surface area contributed by atoms with Crippen molar-refractivity contribution in [3.8, 4) is 11.8 Å². The Morgan fingerprint density at radius 2 is 1.76 bits per heavy atom. The summed E-state index contributed by atoms with van der Waals surface area (Å²) in [5.74, 6) is -1.30. The third-order valence-electron chi connectivity index (χ3n) is 4.98. The summed E-state index contributed by atoms with van der Waals surface area (Å²) >= 11 is 0. The molecular weight excluding hydrogens is 449 g/mol. The number of carbonyl (C=O) groups excluding carboxylic acids is 2. The summed E-state index contributed by atoms with van der Waals surface area (Å²) in [6.45, 7) is 1.90. The molecule has 0 spiro atoms. The second-order valence-corrected chi connectivity index (χ2v) is 7.41. The van der Waals surface area contributed by atoms with Gasteiger partial charge in [-0.2, -0.15) is 23.5 Å². The zero-order valence-electron chi connectivity index (χ0n) is 18.5. The molecule has 0 aliphatic rings. The van der Waals surface area contributed by atoms with Crippen LogP contribution in [-0.2, 0) is 11.3 Å². The van der Waals surface area contributed by atoms with Crippen LogP contribution in [0.1, 0.15) is 44.5 Å². The molecule has 1 amide bonds. The molecule has 176 valence electrons. The molecule has 0 atom stereocenters. The first-order valence-electron chi connectivity index (χ1n) is 10.3. The van der Waals surface area contributed by atoms with Crippen LogP contribution < -0.4 is 0 Å². The van der Waals surface area contributed by atoms with Crippen molar-refractivity contribution in [3.63, 3.8) is 0 Å². The molecule has 2 aromatic carbocycles. The van der Waals surface area contributed by atoms with E-state index in [4.69, 9.17) is 10.00 Å². The van der Waals surface area contributed by atoms with E-state index in [1.165, 1.54) is 59.4 Å². The van der Waals surface area contributed by atoms with Gasteiger partial charge in [-0.25, -0.2) is 9.48 Å². The Balaban J connectivity index is 1.83. The number of amides is 1. The molecule has 1 aromatic heterocycles. The number of nitriles is 1. The maximum atomic E-state index is 13.2. The number of carbonyl (C=O) groups is 2. The standard InChI is InChI=1S/C24H21F3N4O3/c1-3-34-23(33)21-13-29-31(16(21)2)20-10-8-19(9-11-20)22(32)30(15-24(25,26)27)14-18-6-4-17(12-28)5-7-18/h4-11,13H,3,14-15H2,1-2H3. The van der Waals surface area contributed by atoms with Gasteiger partial charge in [-0.05, 0) is 55.8 Å². The monoisotopic (exact) mass is 470 g/mol. The van der Waals surface area contributed by atoms with Gasteiger partial charge < -0.3 is 9.64 Å². The number of benzene rings is 2. The molecule has 3 rings (SSSR count). The first-order chi connectivity index (χ1) is 16.1. The lowest BCUT2D eigenvalue weighted by atomic mass is 10.1. The number of rotatable bonds is 7. The van der Waals surface area contributed by atoms with E-state index in [0.29, 0.717) is 33.0 Å². The van der Waals surface area contributed by atoms with E-state index in [9.17, 15) is 22.8 Å². The van der Waals surface area contributed by atoms with Gasteiger partial charge in [0.25, 0.3) is 5.91 Å². The normalized spacial score (nSPS) is 11.1. The van der Waals surface area contributed by atoms with E-state index >= 15 is 0 Å². The quantitative estimate of drug-likeness (QED) is 0.477. The van der Waals surface area contributed by atoms with Gasteiger partial charge in [-0.1, -0.05) is 12.1 Å². The van der Waals surface area contributed by atoms with Crippen LogP contribution in [0, 0.1) is 18.3 Å². The number of aromatic nitrogens is 2. The van der Waals surface area contributed by atoms with Gasteiger partial charge in [0, 0.05) is 12.1 Å². The number of halogens is 3. The van der Waals surface area contributed by atoms with Gasteiger partial charge in [0.1, 0.15) is 12.1 Å². The second-order valence-electron chi connectivity index (χ2n) is 7.41. The number of alkyl halides is 3. The van der Waals surface area contributed by atoms with Crippen LogP contribution in [-0.4, -0.2) is 45.9 Å². The van der Waals surface area contributed by atoms with Gasteiger partial charge in [0.15, 0.2) is 0 Å². The highest BCUT2D eigenvalue weighted by molar-refractivity contribution is 5.94. The summed E-state index contributed by atoms with van der Waals surface area (Å²) in [5.41, 5.74) is 2.24. The molecule has 0 saturated heterocycles. The lowest BCUT2D eigenvalue weighted by Gasteiger charge is -2.24. The molecule has 0 bridgehead atoms. The third-order valence-corrected chi connectivity index (χ3v) is 4.98. The minimum Gasteiger partial charge on any atom is -0.462 e. The lowest BCUT2D eigenvalue weighted by Crippen LogP contribution is -2.38. The Labute approximate surface area is 194 Å². The van der Waals surface area contributed by atoms with Crippen molar-refractivity contribution >= 4 is 11.9 Å². The van der Waals surface area contributed by atoms with Gasteiger partial charge in [0.05, 0.1) is 35.8 Å². The molecule has 7 nitrogen and oxygen atoms in total. The fourth-order valence-corrected chi connectivity index (χ4v) is 3.33. The highest BCUT2D eigenvalue weighted by Crippen LogP contribution is 2.22. The zero-order chi connectivity index (χ0) is 24.9. The van der Waals surface area contributed by atoms with Crippen LogP contribution in [0.25, 0.3) is 5.69 Å². The minimum atomic E-state index is -4.59. The highest BCUT2D eigenvalue weighted by Gasteiger charge is 2.33. The van der Waals surface area contributed by atoms with E-state index in [2.05, 4.69) is 5.10 Å². The molecule has 0 aliphatic carbocycles. The van der Waals surface area contributed by atoms with Gasteiger partial charge >= 0.3 is 12.1 Å². The Hall–Kier alpha value is -4.13. The maximum Gasteiger partial charge on any atom is 0.406 e. The topological polar surface area (TPSA) is 88.2 Å². The van der Waals surface area contributed by atoms with E-state index < -0.39 is 24.6 Å². The molecule has 0 N–H and O–H groups in total. The van der Waals surface area contributed by atoms with Crippen LogP contribution in [0.5, 0.6) is 0 Å². The summed E-state index contributed by atoms with van der Waals surface area (Å²) in [7, 11) is 0. The maximum absolute atomic E-state index is 13.2. The summed E-state index contributed by atoms with van der Waals surface area (Å²) in [5, 5.41) is 13.0. The van der Waals surface area contributed by atoms with E-state index in [0.717, 1.165) is 0 Å². The predicted molar refractivity (Wildman–Crippen MR) is 116 cm³/mol. The van der Waals surface area contributed by atoms with Crippen molar-refractivity contribution < 1.29 is 27.5 Å².